The predicted molar refractivity (Wildman–Crippen MR) is 64.6 cm³/mol. The largest absolute Gasteiger partial charge is 0.294 e. The Bertz CT molecular complexity index is 611. The van der Waals surface area contributed by atoms with Crippen LogP contribution in [0.1, 0.15) is 17.3 Å². The van der Waals surface area contributed by atoms with Crippen LogP contribution in [0.4, 0.5) is 8.78 Å². The molecule has 18 heavy (non-hydrogen) atoms. The predicted octanol–water partition coefficient (Wildman–Crippen LogP) is 3.88. The highest BCUT2D eigenvalue weighted by molar-refractivity contribution is 6.30. The number of benzene rings is 1. The third-order valence-corrected chi connectivity index (χ3v) is 2.62. The van der Waals surface area contributed by atoms with Crippen LogP contribution in [0, 0.1) is 11.6 Å². The average molecular weight is 268 g/mol. The van der Waals surface area contributed by atoms with Gasteiger partial charge in [-0.1, -0.05) is 11.6 Å². The van der Waals surface area contributed by atoms with Gasteiger partial charge in [-0.15, -0.1) is 0 Å². The van der Waals surface area contributed by atoms with Gasteiger partial charge in [-0.05, 0) is 37.3 Å². The molecule has 2 aromatic rings. The fourth-order valence-electron chi connectivity index (χ4n) is 1.55. The molecule has 2 rings (SSSR count). The molecule has 1 heterocycles. The molecule has 0 radical (unpaired) electrons. The SMILES string of the molecule is CC(=O)c1cc(Cl)nc(-c2ccc(F)cc2)c1F. The Morgan fingerprint density at radius 3 is 2.39 bits per heavy atom. The lowest BCUT2D eigenvalue weighted by Gasteiger charge is -2.06. The number of Topliss-reactive ketones (excluding diaryl/α,β-unsaturated/α-hetero) is 1. The van der Waals surface area contributed by atoms with Gasteiger partial charge in [0.2, 0.25) is 0 Å². The van der Waals surface area contributed by atoms with Gasteiger partial charge in [0.15, 0.2) is 11.6 Å². The standard InChI is InChI=1S/C13H8ClF2NO/c1-7(18)10-6-11(14)17-13(12(10)16)8-2-4-9(15)5-3-8/h2-6H,1H3. The molecular formula is C13H8ClF2NO. The quantitative estimate of drug-likeness (QED) is 0.610. The minimum absolute atomic E-state index is 0.0147. The molecule has 0 N–H and O–H groups in total. The first-order chi connectivity index (χ1) is 8.49. The lowest BCUT2D eigenvalue weighted by molar-refractivity contribution is 0.101. The van der Waals surface area contributed by atoms with Crippen molar-refractivity contribution >= 4 is 17.4 Å². The number of rotatable bonds is 2. The van der Waals surface area contributed by atoms with Crippen molar-refractivity contribution in [3.05, 3.63) is 52.7 Å². The summed E-state index contributed by atoms with van der Waals surface area (Å²) in [5, 5.41) is 0.0147. The summed E-state index contributed by atoms with van der Waals surface area (Å²) in [5.74, 6) is -1.63. The van der Waals surface area contributed by atoms with Crippen LogP contribution in [0.2, 0.25) is 5.15 Å². The van der Waals surface area contributed by atoms with Crippen LogP contribution in [-0.4, -0.2) is 10.8 Å². The Morgan fingerprint density at radius 2 is 1.83 bits per heavy atom. The van der Waals surface area contributed by atoms with E-state index in [1.165, 1.54) is 37.3 Å². The summed E-state index contributed by atoms with van der Waals surface area (Å²) in [6.45, 7) is 1.24. The molecule has 2 nitrogen and oxygen atoms in total. The van der Waals surface area contributed by atoms with Crippen molar-refractivity contribution < 1.29 is 13.6 Å². The minimum Gasteiger partial charge on any atom is -0.294 e. The van der Waals surface area contributed by atoms with Gasteiger partial charge in [0.25, 0.3) is 0 Å². The van der Waals surface area contributed by atoms with Crippen molar-refractivity contribution in [2.24, 2.45) is 0 Å². The van der Waals surface area contributed by atoms with Crippen molar-refractivity contribution in [2.45, 2.75) is 6.92 Å². The van der Waals surface area contributed by atoms with Crippen LogP contribution >= 0.6 is 11.6 Å². The Labute approximate surface area is 107 Å². The number of halogens is 3. The van der Waals surface area contributed by atoms with Crippen molar-refractivity contribution in [1.82, 2.24) is 4.98 Å². The van der Waals surface area contributed by atoms with Crippen LogP contribution in [0.15, 0.2) is 30.3 Å². The van der Waals surface area contributed by atoms with Gasteiger partial charge < -0.3 is 0 Å². The maximum atomic E-state index is 14.1. The number of carbonyl (C=O) groups excluding carboxylic acids is 1. The molecule has 1 aromatic carbocycles. The topological polar surface area (TPSA) is 30.0 Å². The van der Waals surface area contributed by atoms with Crippen molar-refractivity contribution in [2.75, 3.05) is 0 Å². The summed E-state index contributed by atoms with van der Waals surface area (Å²) in [6, 6.07) is 6.30. The van der Waals surface area contributed by atoms with Crippen LogP contribution < -0.4 is 0 Å². The summed E-state index contributed by atoms with van der Waals surface area (Å²) in [4.78, 5) is 15.1. The first kappa shape index (κ1) is 12.6. The second-order valence-electron chi connectivity index (χ2n) is 3.72. The van der Waals surface area contributed by atoms with E-state index in [0.717, 1.165) is 0 Å². The maximum Gasteiger partial charge on any atom is 0.162 e. The maximum absolute atomic E-state index is 14.1. The monoisotopic (exact) mass is 267 g/mol. The molecule has 0 unspecified atom stereocenters. The molecule has 1 aromatic heterocycles. The van der Waals surface area contributed by atoms with E-state index in [9.17, 15) is 13.6 Å². The number of pyridine rings is 1. The van der Waals surface area contributed by atoms with Gasteiger partial charge in [0, 0.05) is 5.56 Å². The van der Waals surface area contributed by atoms with Crippen molar-refractivity contribution in [3.63, 3.8) is 0 Å². The normalized spacial score (nSPS) is 10.4. The van der Waals surface area contributed by atoms with Crippen molar-refractivity contribution in [3.8, 4) is 11.3 Å². The Morgan fingerprint density at radius 1 is 1.22 bits per heavy atom. The van der Waals surface area contributed by atoms with Crippen LogP contribution in [0.5, 0.6) is 0 Å². The average Bonchev–Trinajstić information content (AvgIpc) is 2.32. The Hall–Kier alpha value is -1.81. The van der Waals surface area contributed by atoms with Gasteiger partial charge >= 0.3 is 0 Å². The molecule has 0 amide bonds. The van der Waals surface area contributed by atoms with Gasteiger partial charge in [-0.25, -0.2) is 13.8 Å². The third-order valence-electron chi connectivity index (χ3n) is 2.42. The second-order valence-corrected chi connectivity index (χ2v) is 4.11. The van der Waals surface area contributed by atoms with Crippen LogP contribution in [0.3, 0.4) is 0 Å². The lowest BCUT2D eigenvalue weighted by atomic mass is 10.1. The number of hydrogen-bond donors (Lipinski definition) is 0. The first-order valence-electron chi connectivity index (χ1n) is 5.12. The molecule has 0 aliphatic heterocycles. The lowest BCUT2D eigenvalue weighted by Crippen LogP contribution is -2.02. The number of carbonyl (C=O) groups is 1. The van der Waals surface area contributed by atoms with Crippen LogP contribution in [-0.2, 0) is 0 Å². The van der Waals surface area contributed by atoms with E-state index in [4.69, 9.17) is 11.6 Å². The summed E-state index contributed by atoms with van der Waals surface area (Å²) in [7, 11) is 0. The molecule has 0 saturated carbocycles. The molecule has 0 saturated heterocycles. The van der Waals surface area contributed by atoms with E-state index < -0.39 is 17.4 Å². The smallest absolute Gasteiger partial charge is 0.162 e. The first-order valence-corrected chi connectivity index (χ1v) is 5.49. The zero-order valence-corrected chi connectivity index (χ0v) is 10.1. The third kappa shape index (κ3) is 2.38. The minimum atomic E-state index is -0.751. The zero-order chi connectivity index (χ0) is 13.3. The fourth-order valence-corrected chi connectivity index (χ4v) is 1.75. The molecule has 0 aliphatic carbocycles. The molecule has 0 fully saturated rings. The fraction of sp³-hybridized carbons (Fsp3) is 0.0769. The van der Waals surface area contributed by atoms with E-state index in [0.29, 0.717) is 5.56 Å². The van der Waals surface area contributed by atoms with Crippen LogP contribution in [0.25, 0.3) is 11.3 Å². The number of ketones is 1. The molecule has 92 valence electrons. The van der Waals surface area contributed by atoms with E-state index in [2.05, 4.69) is 4.98 Å². The van der Waals surface area contributed by atoms with Gasteiger partial charge in [0.1, 0.15) is 16.7 Å². The molecule has 0 aliphatic rings. The Balaban J connectivity index is 2.64. The highest BCUT2D eigenvalue weighted by Gasteiger charge is 2.16. The van der Waals surface area contributed by atoms with E-state index in [-0.39, 0.29) is 16.4 Å². The van der Waals surface area contributed by atoms with Gasteiger partial charge in [0.05, 0.1) is 5.56 Å². The van der Waals surface area contributed by atoms with Crippen molar-refractivity contribution in [1.29, 1.82) is 0 Å². The molecule has 0 atom stereocenters. The summed E-state index contributed by atoms with van der Waals surface area (Å²) in [5.41, 5.74) is 0.168. The van der Waals surface area contributed by atoms with E-state index in [1.54, 1.807) is 0 Å². The summed E-state index contributed by atoms with van der Waals surface area (Å²) >= 11 is 5.74. The van der Waals surface area contributed by atoms with Gasteiger partial charge in [-0.2, -0.15) is 0 Å². The molecule has 5 heteroatoms. The number of nitrogens with zero attached hydrogens (tertiary/aromatic N) is 1. The highest BCUT2D eigenvalue weighted by Crippen LogP contribution is 2.26. The molecule has 0 bridgehead atoms. The zero-order valence-electron chi connectivity index (χ0n) is 9.38. The van der Waals surface area contributed by atoms with E-state index >= 15 is 0 Å². The summed E-state index contributed by atoms with van der Waals surface area (Å²) in [6.07, 6.45) is 0. The van der Waals surface area contributed by atoms with E-state index in [1.807, 2.05) is 0 Å². The number of aromatic nitrogens is 1. The Kier molecular flexibility index (Phi) is 3.39. The second kappa shape index (κ2) is 4.82. The summed E-state index contributed by atoms with van der Waals surface area (Å²) < 4.78 is 26.8. The highest BCUT2D eigenvalue weighted by atomic mass is 35.5. The molecular weight excluding hydrogens is 260 g/mol. The molecule has 0 spiro atoms. The number of hydrogen-bond acceptors (Lipinski definition) is 2. The van der Waals surface area contributed by atoms with Gasteiger partial charge in [-0.3, -0.25) is 4.79 Å².